The highest BCUT2D eigenvalue weighted by Gasteiger charge is 2.38. The molecule has 0 saturated heterocycles. The van der Waals surface area contributed by atoms with Crippen molar-refractivity contribution in [2.45, 2.75) is 0 Å². The first-order valence-corrected chi connectivity index (χ1v) is 16.5. The summed E-state index contributed by atoms with van der Waals surface area (Å²) >= 11 is 1.88. The van der Waals surface area contributed by atoms with Crippen LogP contribution in [0.15, 0.2) is 164 Å². The lowest BCUT2D eigenvalue weighted by atomic mass is 9.93. The average molecular weight is 604 g/mol. The molecular formula is C43H27N2S+. The third-order valence-electron chi connectivity index (χ3n) is 9.39. The smallest absolute Gasteiger partial charge is 0.232 e. The Morgan fingerprint density at radius 3 is 2.04 bits per heavy atom. The Bertz CT molecular complexity index is 2680. The number of rotatable bonds is 4. The van der Waals surface area contributed by atoms with Gasteiger partial charge in [0, 0.05) is 54.7 Å². The fourth-order valence-corrected chi connectivity index (χ4v) is 8.43. The average Bonchev–Trinajstić information content (AvgIpc) is 3.63. The van der Waals surface area contributed by atoms with Crippen molar-refractivity contribution in [3.05, 3.63) is 175 Å². The van der Waals surface area contributed by atoms with Crippen LogP contribution < -0.4 is 4.58 Å². The monoisotopic (exact) mass is 603 g/mol. The highest BCUT2D eigenvalue weighted by molar-refractivity contribution is 7.25. The summed E-state index contributed by atoms with van der Waals surface area (Å²) in [5.41, 5.74) is 12.2. The SMILES string of the molecule is c1ccc(C2=[N+](c3cccc(-n4c5ccc(-c6ccccc6)cc5c5cc6sc7ccccc7c6cc54)c3)c3ccccc32)cc1. The van der Waals surface area contributed by atoms with Crippen LogP contribution in [0.5, 0.6) is 0 Å². The van der Waals surface area contributed by atoms with Crippen LogP contribution in [0.3, 0.4) is 0 Å². The minimum absolute atomic E-state index is 1.15. The number of aromatic nitrogens is 1. The molecule has 0 bridgehead atoms. The van der Waals surface area contributed by atoms with Crippen LogP contribution in [0.1, 0.15) is 11.1 Å². The van der Waals surface area contributed by atoms with E-state index in [1.165, 1.54) is 75.6 Å². The van der Waals surface area contributed by atoms with Gasteiger partial charge in [-0.05, 0) is 65.7 Å². The van der Waals surface area contributed by atoms with Crippen LogP contribution in [0.25, 0.3) is 58.8 Å². The lowest BCUT2D eigenvalue weighted by molar-refractivity contribution is 1.02. The number of benzene rings is 7. The van der Waals surface area contributed by atoms with Crippen molar-refractivity contribution in [3.8, 4) is 16.8 Å². The van der Waals surface area contributed by atoms with Crippen LogP contribution in [-0.4, -0.2) is 10.3 Å². The molecule has 2 aromatic heterocycles. The van der Waals surface area contributed by atoms with E-state index in [9.17, 15) is 0 Å². The van der Waals surface area contributed by atoms with Crippen molar-refractivity contribution < 1.29 is 0 Å². The van der Waals surface area contributed by atoms with Gasteiger partial charge in [0.1, 0.15) is 5.56 Å². The fraction of sp³-hybridized carbons (Fsp3) is 0. The van der Waals surface area contributed by atoms with Gasteiger partial charge in [0.25, 0.3) is 0 Å². The van der Waals surface area contributed by atoms with E-state index in [4.69, 9.17) is 0 Å². The highest BCUT2D eigenvalue weighted by atomic mass is 32.1. The molecule has 0 fully saturated rings. The molecule has 0 atom stereocenters. The zero-order valence-corrected chi connectivity index (χ0v) is 25.7. The Kier molecular flexibility index (Phi) is 5.48. The summed E-state index contributed by atoms with van der Waals surface area (Å²) in [5, 5.41) is 5.18. The normalized spacial score (nSPS) is 12.7. The molecule has 0 aliphatic carbocycles. The van der Waals surface area contributed by atoms with Gasteiger partial charge in [0.2, 0.25) is 17.1 Å². The van der Waals surface area contributed by atoms with Crippen molar-refractivity contribution in [1.29, 1.82) is 0 Å². The van der Waals surface area contributed by atoms with Gasteiger partial charge in [0.15, 0.2) is 0 Å². The summed E-state index contributed by atoms with van der Waals surface area (Å²) in [6, 6.07) is 59.7. The predicted octanol–water partition coefficient (Wildman–Crippen LogP) is 11.5. The first-order chi connectivity index (χ1) is 22.8. The maximum absolute atomic E-state index is 2.46. The Morgan fingerprint density at radius 2 is 1.17 bits per heavy atom. The number of hydrogen-bond acceptors (Lipinski definition) is 1. The third-order valence-corrected chi connectivity index (χ3v) is 10.5. The molecule has 7 aromatic carbocycles. The Morgan fingerprint density at radius 1 is 0.435 bits per heavy atom. The second-order valence-electron chi connectivity index (χ2n) is 12.0. The van der Waals surface area contributed by atoms with Gasteiger partial charge in [-0.2, -0.15) is 4.58 Å². The minimum Gasteiger partial charge on any atom is -0.309 e. The largest absolute Gasteiger partial charge is 0.309 e. The topological polar surface area (TPSA) is 7.94 Å². The van der Waals surface area contributed by atoms with Gasteiger partial charge in [-0.15, -0.1) is 11.3 Å². The lowest BCUT2D eigenvalue weighted by Crippen LogP contribution is -2.29. The van der Waals surface area contributed by atoms with Crippen molar-refractivity contribution in [2.24, 2.45) is 0 Å². The van der Waals surface area contributed by atoms with Crippen molar-refractivity contribution in [1.82, 2.24) is 9.14 Å². The van der Waals surface area contributed by atoms with Crippen LogP contribution in [0, 0.1) is 0 Å². The Balaban J connectivity index is 1.25. The van der Waals surface area contributed by atoms with Crippen LogP contribution in [0.2, 0.25) is 0 Å². The van der Waals surface area contributed by atoms with E-state index in [-0.39, 0.29) is 0 Å². The fourth-order valence-electron chi connectivity index (χ4n) is 7.30. The number of nitrogens with zero attached hydrogens (tertiary/aromatic N) is 2. The van der Waals surface area contributed by atoms with Crippen LogP contribution in [-0.2, 0) is 0 Å². The lowest BCUT2D eigenvalue weighted by Gasteiger charge is -2.20. The standard InChI is InChI=1S/C43H27N2S/c1-3-12-28(13-4-1)30-22-23-39-35(24-30)36-27-42-37(33-18-8-10-21-41(33)46-42)26-40(36)44(39)31-16-11-17-32(25-31)45-38-20-9-7-19-34(38)43(45)29-14-5-2-6-15-29/h1-27H/q+1. The first-order valence-electron chi connectivity index (χ1n) is 15.7. The zero-order chi connectivity index (χ0) is 30.2. The van der Waals surface area contributed by atoms with E-state index >= 15 is 0 Å². The summed E-state index contributed by atoms with van der Waals surface area (Å²) in [5.74, 6) is 0. The quantitative estimate of drug-likeness (QED) is 0.177. The molecule has 3 heteroatoms. The second-order valence-corrected chi connectivity index (χ2v) is 13.1. The second kappa shape index (κ2) is 9.87. The maximum Gasteiger partial charge on any atom is 0.232 e. The van der Waals surface area contributed by atoms with Gasteiger partial charge < -0.3 is 4.57 Å². The summed E-state index contributed by atoms with van der Waals surface area (Å²) in [4.78, 5) is 0. The number of hydrogen-bond donors (Lipinski definition) is 0. The molecule has 2 nitrogen and oxygen atoms in total. The van der Waals surface area contributed by atoms with Crippen molar-refractivity contribution >= 4 is 70.4 Å². The summed E-state index contributed by atoms with van der Waals surface area (Å²) < 4.78 is 7.52. The molecule has 0 unspecified atom stereocenters. The van der Waals surface area contributed by atoms with Gasteiger partial charge in [-0.1, -0.05) is 91.0 Å². The summed E-state index contributed by atoms with van der Waals surface area (Å²) in [6.45, 7) is 0. The van der Waals surface area contributed by atoms with Gasteiger partial charge >= 0.3 is 0 Å². The molecule has 1 aliphatic heterocycles. The number of thiophene rings is 1. The number of fused-ring (bicyclic) bond motifs is 7. The summed E-state index contributed by atoms with van der Waals surface area (Å²) in [6.07, 6.45) is 0. The maximum atomic E-state index is 2.46. The Hall–Kier alpha value is -5.77. The van der Waals surface area contributed by atoms with E-state index < -0.39 is 0 Å². The van der Waals surface area contributed by atoms with Crippen molar-refractivity contribution in [2.75, 3.05) is 0 Å². The first kappa shape index (κ1) is 25.5. The molecule has 0 amide bonds. The minimum atomic E-state index is 1.15. The Labute approximate surface area is 270 Å². The van der Waals surface area contributed by atoms with E-state index in [2.05, 4.69) is 173 Å². The molecule has 1 aliphatic rings. The van der Waals surface area contributed by atoms with E-state index in [1.807, 2.05) is 11.3 Å². The molecule has 10 rings (SSSR count). The van der Waals surface area contributed by atoms with Crippen molar-refractivity contribution in [3.63, 3.8) is 0 Å². The van der Waals surface area contributed by atoms with Crippen LogP contribution >= 0.6 is 11.3 Å². The zero-order valence-electron chi connectivity index (χ0n) is 24.9. The molecule has 46 heavy (non-hydrogen) atoms. The summed E-state index contributed by atoms with van der Waals surface area (Å²) in [7, 11) is 0. The molecule has 214 valence electrons. The molecule has 0 saturated carbocycles. The third kappa shape index (κ3) is 3.73. The number of para-hydroxylation sites is 1. The van der Waals surface area contributed by atoms with Crippen LogP contribution in [0.4, 0.5) is 11.4 Å². The molecule has 0 radical (unpaired) electrons. The van der Waals surface area contributed by atoms with E-state index in [1.54, 1.807) is 0 Å². The predicted molar refractivity (Wildman–Crippen MR) is 197 cm³/mol. The molecule has 9 aromatic rings. The molecule has 0 spiro atoms. The van der Waals surface area contributed by atoms with Gasteiger partial charge in [0.05, 0.1) is 16.7 Å². The van der Waals surface area contributed by atoms with E-state index in [0.29, 0.717) is 0 Å². The van der Waals surface area contributed by atoms with Gasteiger partial charge in [-0.3, -0.25) is 0 Å². The van der Waals surface area contributed by atoms with E-state index in [0.717, 1.165) is 11.4 Å². The van der Waals surface area contributed by atoms with Gasteiger partial charge in [-0.25, -0.2) is 0 Å². The highest BCUT2D eigenvalue weighted by Crippen LogP contribution is 2.42. The molecule has 0 N–H and O–H groups in total. The molecular weight excluding hydrogens is 577 g/mol. The molecule has 3 heterocycles.